The van der Waals surface area contributed by atoms with Crippen molar-refractivity contribution in [2.45, 2.75) is 38.3 Å². The zero-order valence-electron chi connectivity index (χ0n) is 12.4. The first-order valence-corrected chi connectivity index (χ1v) is 7.59. The van der Waals surface area contributed by atoms with Crippen LogP contribution in [0.1, 0.15) is 26.2 Å². The molecule has 0 radical (unpaired) electrons. The van der Waals surface area contributed by atoms with Gasteiger partial charge >= 0.3 is 12.0 Å². The van der Waals surface area contributed by atoms with E-state index in [1.807, 2.05) is 6.92 Å². The van der Waals surface area contributed by atoms with Crippen molar-refractivity contribution in [2.75, 3.05) is 32.9 Å². The van der Waals surface area contributed by atoms with Gasteiger partial charge in [-0.25, -0.2) is 4.79 Å². The van der Waals surface area contributed by atoms with E-state index in [0.29, 0.717) is 39.2 Å². The maximum absolute atomic E-state index is 12.3. The second-order valence-corrected chi connectivity index (χ2v) is 5.54. The second kappa shape index (κ2) is 7.61. The third-order valence-electron chi connectivity index (χ3n) is 4.05. The predicted octanol–water partition coefficient (Wildman–Crippen LogP) is 0.687. The number of carboxylic acids is 1. The van der Waals surface area contributed by atoms with Crippen LogP contribution in [-0.4, -0.2) is 67.1 Å². The minimum atomic E-state index is -0.828. The van der Waals surface area contributed by atoms with Crippen molar-refractivity contribution in [1.29, 1.82) is 0 Å². The Morgan fingerprint density at radius 3 is 2.95 bits per heavy atom. The second-order valence-electron chi connectivity index (χ2n) is 5.54. The molecule has 3 atom stereocenters. The molecule has 120 valence electrons. The van der Waals surface area contributed by atoms with E-state index in [1.54, 1.807) is 4.90 Å². The van der Waals surface area contributed by atoms with E-state index >= 15 is 0 Å². The molecule has 2 heterocycles. The molecule has 2 aliphatic heterocycles. The lowest BCUT2D eigenvalue weighted by Gasteiger charge is -2.36. The number of likely N-dealkylation sites (tertiary alicyclic amines) is 1. The predicted molar refractivity (Wildman–Crippen MR) is 75.1 cm³/mol. The molecule has 2 amide bonds. The van der Waals surface area contributed by atoms with Crippen LogP contribution in [0.3, 0.4) is 0 Å². The van der Waals surface area contributed by atoms with Gasteiger partial charge in [0.2, 0.25) is 0 Å². The Balaban J connectivity index is 1.88. The first-order valence-electron chi connectivity index (χ1n) is 7.59. The highest BCUT2D eigenvalue weighted by atomic mass is 16.5. The Hall–Kier alpha value is -1.34. The minimum Gasteiger partial charge on any atom is -0.481 e. The number of amides is 2. The topological polar surface area (TPSA) is 88.1 Å². The lowest BCUT2D eigenvalue weighted by Crippen LogP contribution is -2.55. The Morgan fingerprint density at radius 1 is 1.43 bits per heavy atom. The molecule has 0 aliphatic carbocycles. The maximum atomic E-state index is 12.3. The van der Waals surface area contributed by atoms with E-state index < -0.39 is 11.9 Å². The van der Waals surface area contributed by atoms with Crippen LogP contribution in [0.15, 0.2) is 0 Å². The first kappa shape index (κ1) is 16.0. The smallest absolute Gasteiger partial charge is 0.317 e. The lowest BCUT2D eigenvalue weighted by atomic mass is 9.98. The van der Waals surface area contributed by atoms with Crippen LogP contribution in [-0.2, 0) is 14.3 Å². The van der Waals surface area contributed by atoms with Gasteiger partial charge in [0, 0.05) is 26.3 Å². The number of nitrogens with one attached hydrogen (secondary N) is 1. The summed E-state index contributed by atoms with van der Waals surface area (Å²) >= 11 is 0. The van der Waals surface area contributed by atoms with Crippen LogP contribution in [0.2, 0.25) is 0 Å². The third-order valence-corrected chi connectivity index (χ3v) is 4.05. The molecule has 2 aliphatic rings. The SMILES string of the molecule is CCOC1COCCC1NC(=O)N1CCCC(C(=O)O)C1. The molecule has 0 aromatic carbocycles. The molecule has 0 aromatic heterocycles. The molecule has 2 fully saturated rings. The summed E-state index contributed by atoms with van der Waals surface area (Å²) in [7, 11) is 0. The average Bonchev–Trinajstić information content (AvgIpc) is 2.49. The van der Waals surface area contributed by atoms with Crippen molar-refractivity contribution >= 4 is 12.0 Å². The molecule has 2 saturated heterocycles. The molecule has 0 bridgehead atoms. The van der Waals surface area contributed by atoms with E-state index in [-0.39, 0.29) is 24.7 Å². The number of hydrogen-bond acceptors (Lipinski definition) is 4. The molecule has 0 aromatic rings. The normalized spacial score (nSPS) is 30.0. The van der Waals surface area contributed by atoms with E-state index in [4.69, 9.17) is 14.6 Å². The number of urea groups is 1. The van der Waals surface area contributed by atoms with Gasteiger partial charge in [0.1, 0.15) is 6.10 Å². The summed E-state index contributed by atoms with van der Waals surface area (Å²) in [5.41, 5.74) is 0. The molecule has 7 nitrogen and oxygen atoms in total. The van der Waals surface area contributed by atoms with Gasteiger partial charge in [-0.3, -0.25) is 4.79 Å². The van der Waals surface area contributed by atoms with Gasteiger partial charge in [-0.2, -0.15) is 0 Å². The van der Waals surface area contributed by atoms with E-state index in [2.05, 4.69) is 5.32 Å². The minimum absolute atomic E-state index is 0.0728. The standard InChI is InChI=1S/C14H24N2O5/c1-2-21-12-9-20-7-5-11(12)15-14(19)16-6-3-4-10(8-16)13(17)18/h10-12H,2-9H2,1H3,(H,15,19)(H,17,18). The largest absolute Gasteiger partial charge is 0.481 e. The highest BCUT2D eigenvalue weighted by Gasteiger charge is 2.32. The Kier molecular flexibility index (Phi) is 5.81. The molecule has 2 rings (SSSR count). The van der Waals surface area contributed by atoms with Crippen molar-refractivity contribution in [3.8, 4) is 0 Å². The zero-order chi connectivity index (χ0) is 15.2. The summed E-state index contributed by atoms with van der Waals surface area (Å²) in [6.07, 6.45) is 1.95. The molecule has 2 N–H and O–H groups in total. The zero-order valence-corrected chi connectivity index (χ0v) is 12.4. The number of nitrogens with zero attached hydrogens (tertiary/aromatic N) is 1. The van der Waals surface area contributed by atoms with Crippen LogP contribution in [0, 0.1) is 5.92 Å². The quantitative estimate of drug-likeness (QED) is 0.797. The fourth-order valence-electron chi connectivity index (χ4n) is 2.87. The molecular formula is C14H24N2O5. The van der Waals surface area contributed by atoms with Gasteiger partial charge in [0.25, 0.3) is 0 Å². The monoisotopic (exact) mass is 300 g/mol. The molecule has 7 heteroatoms. The van der Waals surface area contributed by atoms with E-state index in [9.17, 15) is 9.59 Å². The summed E-state index contributed by atoms with van der Waals surface area (Å²) in [5.74, 6) is -1.28. The lowest BCUT2D eigenvalue weighted by molar-refractivity contribution is -0.143. The van der Waals surface area contributed by atoms with Gasteiger partial charge in [0.05, 0.1) is 18.6 Å². The number of hydrogen-bond donors (Lipinski definition) is 2. The van der Waals surface area contributed by atoms with Crippen LogP contribution in [0.4, 0.5) is 4.79 Å². The van der Waals surface area contributed by atoms with E-state index in [1.165, 1.54) is 0 Å². The Morgan fingerprint density at radius 2 is 2.24 bits per heavy atom. The maximum Gasteiger partial charge on any atom is 0.317 e. The summed E-state index contributed by atoms with van der Waals surface area (Å²) in [6.45, 7) is 4.46. The van der Waals surface area contributed by atoms with Gasteiger partial charge in [-0.1, -0.05) is 0 Å². The highest BCUT2D eigenvalue weighted by Crippen LogP contribution is 2.18. The van der Waals surface area contributed by atoms with Crippen LogP contribution < -0.4 is 5.32 Å². The fourth-order valence-corrected chi connectivity index (χ4v) is 2.87. The number of carbonyl (C=O) groups excluding carboxylic acids is 1. The Labute approximate surface area is 124 Å². The van der Waals surface area contributed by atoms with Crippen LogP contribution in [0.5, 0.6) is 0 Å². The molecular weight excluding hydrogens is 276 g/mol. The number of aliphatic carboxylic acids is 1. The van der Waals surface area contributed by atoms with Crippen LogP contribution in [0.25, 0.3) is 0 Å². The van der Waals surface area contributed by atoms with Gasteiger partial charge in [-0.05, 0) is 26.2 Å². The van der Waals surface area contributed by atoms with Gasteiger partial charge < -0.3 is 24.8 Å². The fraction of sp³-hybridized carbons (Fsp3) is 0.857. The van der Waals surface area contributed by atoms with Crippen molar-refractivity contribution in [3.05, 3.63) is 0 Å². The molecule has 3 unspecified atom stereocenters. The van der Waals surface area contributed by atoms with Gasteiger partial charge in [0.15, 0.2) is 0 Å². The first-order chi connectivity index (χ1) is 10.1. The summed E-state index contributed by atoms with van der Waals surface area (Å²) < 4.78 is 11.0. The van der Waals surface area contributed by atoms with Crippen molar-refractivity contribution in [1.82, 2.24) is 10.2 Å². The third kappa shape index (κ3) is 4.31. The van der Waals surface area contributed by atoms with Gasteiger partial charge in [-0.15, -0.1) is 0 Å². The number of rotatable bonds is 4. The Bertz CT molecular complexity index is 374. The van der Waals surface area contributed by atoms with Crippen molar-refractivity contribution in [2.24, 2.45) is 5.92 Å². The van der Waals surface area contributed by atoms with Crippen molar-refractivity contribution in [3.63, 3.8) is 0 Å². The highest BCUT2D eigenvalue weighted by molar-refractivity contribution is 5.76. The summed E-state index contributed by atoms with van der Waals surface area (Å²) in [4.78, 5) is 25.0. The number of carbonyl (C=O) groups is 2. The molecule has 21 heavy (non-hydrogen) atoms. The number of piperidine rings is 1. The van der Waals surface area contributed by atoms with Crippen LogP contribution >= 0.6 is 0 Å². The summed E-state index contributed by atoms with van der Waals surface area (Å²) in [5, 5.41) is 12.0. The average molecular weight is 300 g/mol. The number of ether oxygens (including phenoxy) is 2. The number of carboxylic acid groups (broad SMARTS) is 1. The molecule has 0 saturated carbocycles. The summed E-state index contributed by atoms with van der Waals surface area (Å²) in [6, 6.07) is -0.269. The molecule has 0 spiro atoms. The van der Waals surface area contributed by atoms with Crippen molar-refractivity contribution < 1.29 is 24.2 Å². The van der Waals surface area contributed by atoms with E-state index in [0.717, 1.165) is 6.42 Å².